The summed E-state index contributed by atoms with van der Waals surface area (Å²) in [5.41, 5.74) is 2.96. The summed E-state index contributed by atoms with van der Waals surface area (Å²) < 4.78 is 0. The molecule has 24 heavy (non-hydrogen) atoms. The SMILES string of the molecule is CCc1ccc(N=C2S/C(=C/c3ccc(O)cc3)C(=O)N2C)cc1. The van der Waals surface area contributed by atoms with Crippen LogP contribution in [-0.4, -0.2) is 28.1 Å². The molecule has 1 aliphatic heterocycles. The monoisotopic (exact) mass is 338 g/mol. The van der Waals surface area contributed by atoms with Gasteiger partial charge in [0.25, 0.3) is 5.91 Å². The fourth-order valence-corrected chi connectivity index (χ4v) is 3.28. The third-order valence-corrected chi connectivity index (χ3v) is 4.82. The minimum Gasteiger partial charge on any atom is -0.508 e. The lowest BCUT2D eigenvalue weighted by Crippen LogP contribution is -2.23. The summed E-state index contributed by atoms with van der Waals surface area (Å²) >= 11 is 1.36. The van der Waals surface area contributed by atoms with Crippen LogP contribution in [0.5, 0.6) is 5.75 Å². The van der Waals surface area contributed by atoms with E-state index in [2.05, 4.69) is 11.9 Å². The Hall–Kier alpha value is -2.53. The van der Waals surface area contributed by atoms with Crippen molar-refractivity contribution in [2.24, 2.45) is 4.99 Å². The van der Waals surface area contributed by atoms with Crippen LogP contribution in [0.3, 0.4) is 0 Å². The maximum Gasteiger partial charge on any atom is 0.266 e. The number of benzene rings is 2. The second-order valence-electron chi connectivity index (χ2n) is 5.48. The van der Waals surface area contributed by atoms with E-state index in [9.17, 15) is 9.90 Å². The lowest BCUT2D eigenvalue weighted by molar-refractivity contribution is -0.121. The molecule has 0 atom stereocenters. The number of aliphatic imine (C=N–C) groups is 1. The number of aryl methyl sites for hydroxylation is 1. The Morgan fingerprint density at radius 1 is 1.12 bits per heavy atom. The molecule has 0 radical (unpaired) electrons. The molecule has 1 heterocycles. The van der Waals surface area contributed by atoms with Crippen molar-refractivity contribution >= 4 is 34.6 Å². The van der Waals surface area contributed by atoms with Crippen LogP contribution in [0.1, 0.15) is 18.1 Å². The van der Waals surface area contributed by atoms with Gasteiger partial charge in [0.15, 0.2) is 5.17 Å². The Morgan fingerprint density at radius 2 is 1.79 bits per heavy atom. The molecule has 0 spiro atoms. The van der Waals surface area contributed by atoms with Crippen molar-refractivity contribution < 1.29 is 9.90 Å². The minimum absolute atomic E-state index is 0.0722. The number of likely N-dealkylation sites (N-methyl/N-ethyl adjacent to an activating group) is 1. The van der Waals surface area contributed by atoms with Gasteiger partial charge in [0.1, 0.15) is 5.75 Å². The van der Waals surface area contributed by atoms with Crippen molar-refractivity contribution in [3.8, 4) is 5.75 Å². The maximum absolute atomic E-state index is 12.4. The first-order valence-corrected chi connectivity index (χ1v) is 8.52. The van der Waals surface area contributed by atoms with E-state index < -0.39 is 0 Å². The normalized spacial score (nSPS) is 17.9. The molecular formula is C19H18N2O2S. The zero-order chi connectivity index (χ0) is 17.1. The lowest BCUT2D eigenvalue weighted by Gasteiger charge is -2.07. The summed E-state index contributed by atoms with van der Waals surface area (Å²) in [6.07, 6.45) is 2.80. The van der Waals surface area contributed by atoms with Gasteiger partial charge in [-0.05, 0) is 59.7 Å². The number of nitrogens with zero attached hydrogens (tertiary/aromatic N) is 2. The fraction of sp³-hybridized carbons (Fsp3) is 0.158. The highest BCUT2D eigenvalue weighted by Crippen LogP contribution is 2.33. The molecular weight excluding hydrogens is 320 g/mol. The van der Waals surface area contributed by atoms with Crippen molar-refractivity contribution in [2.75, 3.05) is 7.05 Å². The molecule has 0 aliphatic carbocycles. The van der Waals surface area contributed by atoms with Crippen LogP contribution in [0.2, 0.25) is 0 Å². The van der Waals surface area contributed by atoms with E-state index in [0.717, 1.165) is 17.7 Å². The smallest absolute Gasteiger partial charge is 0.266 e. The van der Waals surface area contributed by atoms with Gasteiger partial charge >= 0.3 is 0 Å². The molecule has 0 saturated carbocycles. The zero-order valence-corrected chi connectivity index (χ0v) is 14.4. The predicted octanol–water partition coefficient (Wildman–Crippen LogP) is 4.19. The molecule has 1 fully saturated rings. The molecule has 1 N–H and O–H groups in total. The molecule has 5 heteroatoms. The molecule has 2 aromatic rings. The van der Waals surface area contributed by atoms with Crippen LogP contribution in [-0.2, 0) is 11.2 Å². The number of hydrogen-bond acceptors (Lipinski definition) is 4. The van der Waals surface area contributed by atoms with Crippen molar-refractivity contribution in [3.63, 3.8) is 0 Å². The summed E-state index contributed by atoms with van der Waals surface area (Å²) in [5, 5.41) is 10.00. The summed E-state index contributed by atoms with van der Waals surface area (Å²) in [6, 6.07) is 14.8. The van der Waals surface area contributed by atoms with E-state index >= 15 is 0 Å². The first kappa shape index (κ1) is 16.3. The lowest BCUT2D eigenvalue weighted by atomic mass is 10.2. The van der Waals surface area contributed by atoms with Gasteiger partial charge in [-0.2, -0.15) is 0 Å². The number of phenols is 1. The molecule has 0 aromatic heterocycles. The van der Waals surface area contributed by atoms with Crippen molar-refractivity contribution in [3.05, 3.63) is 64.6 Å². The fourth-order valence-electron chi connectivity index (χ4n) is 2.29. The molecule has 1 aliphatic rings. The summed E-state index contributed by atoms with van der Waals surface area (Å²) in [5.74, 6) is 0.134. The molecule has 1 amide bonds. The number of rotatable bonds is 3. The molecule has 0 bridgehead atoms. The molecule has 3 rings (SSSR count). The largest absolute Gasteiger partial charge is 0.508 e. The summed E-state index contributed by atoms with van der Waals surface area (Å²) in [4.78, 5) is 19.1. The predicted molar refractivity (Wildman–Crippen MR) is 99.4 cm³/mol. The van der Waals surface area contributed by atoms with E-state index in [4.69, 9.17) is 0 Å². The van der Waals surface area contributed by atoms with Gasteiger partial charge in [-0.15, -0.1) is 0 Å². The van der Waals surface area contributed by atoms with Gasteiger partial charge in [0.2, 0.25) is 0 Å². The summed E-state index contributed by atoms with van der Waals surface area (Å²) in [7, 11) is 1.73. The molecule has 4 nitrogen and oxygen atoms in total. The zero-order valence-electron chi connectivity index (χ0n) is 13.6. The topological polar surface area (TPSA) is 52.9 Å². The van der Waals surface area contributed by atoms with Crippen LogP contribution in [0, 0.1) is 0 Å². The number of aromatic hydroxyl groups is 1. The Labute approximate surface area is 145 Å². The number of hydrogen-bond donors (Lipinski definition) is 1. The standard InChI is InChI=1S/C19H18N2O2S/c1-3-13-4-8-15(9-5-13)20-19-21(2)18(23)17(24-19)12-14-6-10-16(22)11-7-14/h4-12,22H,3H2,1-2H3/b17-12+,20-19?. The first-order chi connectivity index (χ1) is 11.6. The third kappa shape index (κ3) is 3.51. The van der Waals surface area contributed by atoms with Crippen molar-refractivity contribution in [2.45, 2.75) is 13.3 Å². The van der Waals surface area contributed by atoms with Gasteiger partial charge in [0, 0.05) is 7.05 Å². The molecule has 1 saturated heterocycles. The quantitative estimate of drug-likeness (QED) is 0.854. The van der Waals surface area contributed by atoms with Crippen molar-refractivity contribution in [1.82, 2.24) is 4.90 Å². The van der Waals surface area contributed by atoms with Gasteiger partial charge in [-0.25, -0.2) is 4.99 Å². The van der Waals surface area contributed by atoms with E-state index in [1.165, 1.54) is 17.3 Å². The van der Waals surface area contributed by atoms with E-state index in [1.54, 1.807) is 36.2 Å². The number of phenolic OH excluding ortho intramolecular Hbond substituents is 1. The Morgan fingerprint density at radius 3 is 2.42 bits per heavy atom. The minimum atomic E-state index is -0.0722. The highest BCUT2D eigenvalue weighted by atomic mass is 32.2. The van der Waals surface area contributed by atoms with Crippen LogP contribution >= 0.6 is 11.8 Å². The van der Waals surface area contributed by atoms with E-state index in [-0.39, 0.29) is 11.7 Å². The molecule has 2 aromatic carbocycles. The average molecular weight is 338 g/mol. The number of carbonyl (C=O) groups is 1. The van der Waals surface area contributed by atoms with Gasteiger partial charge < -0.3 is 5.11 Å². The van der Waals surface area contributed by atoms with Gasteiger partial charge in [0.05, 0.1) is 10.6 Å². The number of amidine groups is 1. The van der Waals surface area contributed by atoms with Crippen LogP contribution in [0.4, 0.5) is 5.69 Å². The van der Waals surface area contributed by atoms with Gasteiger partial charge in [-0.3, -0.25) is 9.69 Å². The van der Waals surface area contributed by atoms with E-state index in [0.29, 0.717) is 10.1 Å². The highest BCUT2D eigenvalue weighted by molar-refractivity contribution is 8.18. The van der Waals surface area contributed by atoms with Crippen LogP contribution < -0.4 is 0 Å². The number of carbonyl (C=O) groups excluding carboxylic acids is 1. The Balaban J connectivity index is 1.85. The van der Waals surface area contributed by atoms with Crippen molar-refractivity contribution in [1.29, 1.82) is 0 Å². The first-order valence-electron chi connectivity index (χ1n) is 7.71. The second-order valence-corrected chi connectivity index (χ2v) is 6.49. The third-order valence-electron chi connectivity index (χ3n) is 3.76. The number of thioether (sulfide) groups is 1. The number of amides is 1. The average Bonchev–Trinajstić information content (AvgIpc) is 2.86. The summed E-state index contributed by atoms with van der Waals surface area (Å²) in [6.45, 7) is 2.11. The second kappa shape index (κ2) is 6.93. The highest BCUT2D eigenvalue weighted by Gasteiger charge is 2.30. The Bertz CT molecular complexity index is 808. The molecule has 0 unspecified atom stereocenters. The molecule has 122 valence electrons. The Kier molecular flexibility index (Phi) is 4.71. The maximum atomic E-state index is 12.4. The van der Waals surface area contributed by atoms with Gasteiger partial charge in [-0.1, -0.05) is 31.2 Å². The van der Waals surface area contributed by atoms with E-state index in [1.807, 2.05) is 30.3 Å². The van der Waals surface area contributed by atoms with Crippen LogP contribution in [0.15, 0.2) is 58.4 Å². The van der Waals surface area contributed by atoms with Crippen LogP contribution in [0.25, 0.3) is 6.08 Å².